The first kappa shape index (κ1) is 17.6. The highest BCUT2D eigenvalue weighted by Crippen LogP contribution is 2.17. The van der Waals surface area contributed by atoms with Crippen molar-refractivity contribution >= 4 is 21.4 Å². The molecule has 1 aliphatic heterocycles. The molecule has 6 heteroatoms. The number of carbonyl (C=O) groups is 1. The minimum absolute atomic E-state index is 0.0700. The van der Waals surface area contributed by atoms with Crippen LogP contribution >= 0.6 is 0 Å². The number of sulfone groups is 1. The highest BCUT2D eigenvalue weighted by atomic mass is 32.2. The lowest BCUT2D eigenvalue weighted by atomic mass is 10.2. The van der Waals surface area contributed by atoms with Gasteiger partial charge >= 0.3 is 0 Å². The van der Waals surface area contributed by atoms with Gasteiger partial charge in [-0.05, 0) is 24.1 Å². The molecule has 2 aromatic rings. The van der Waals surface area contributed by atoms with E-state index >= 15 is 0 Å². The van der Waals surface area contributed by atoms with Gasteiger partial charge in [0.1, 0.15) is 0 Å². The molecule has 1 fully saturated rings. The fraction of sp³-hybridized carbons (Fsp3) is 0.316. The monoisotopic (exact) mass is 358 g/mol. The van der Waals surface area contributed by atoms with E-state index in [0.717, 1.165) is 11.3 Å². The SMILES string of the molecule is O=C(CNC1CCS(=O)(=O)C1)N(Cc1ccccc1)c1ccccc1. The maximum Gasteiger partial charge on any atom is 0.241 e. The second kappa shape index (κ2) is 7.80. The Labute approximate surface area is 148 Å². The zero-order chi connectivity index (χ0) is 17.7. The van der Waals surface area contributed by atoms with Crippen LogP contribution in [0.3, 0.4) is 0 Å². The lowest BCUT2D eigenvalue weighted by Crippen LogP contribution is -2.42. The number of benzene rings is 2. The standard InChI is InChI=1S/C19H22N2O3S/c22-19(13-20-17-11-12-25(23,24)15-17)21(18-9-5-2-6-10-18)14-16-7-3-1-4-8-16/h1-10,17,20H,11-15H2. The average Bonchev–Trinajstić information content (AvgIpc) is 2.98. The molecule has 1 atom stereocenters. The average molecular weight is 358 g/mol. The third kappa shape index (κ3) is 4.90. The summed E-state index contributed by atoms with van der Waals surface area (Å²) < 4.78 is 23.1. The number of hydrogen-bond acceptors (Lipinski definition) is 4. The second-order valence-electron chi connectivity index (χ2n) is 6.28. The summed E-state index contributed by atoms with van der Waals surface area (Å²) in [5.41, 5.74) is 1.88. The van der Waals surface area contributed by atoms with Crippen LogP contribution < -0.4 is 10.2 Å². The molecule has 25 heavy (non-hydrogen) atoms. The van der Waals surface area contributed by atoms with Gasteiger partial charge in [-0.2, -0.15) is 0 Å². The van der Waals surface area contributed by atoms with Crippen molar-refractivity contribution in [3.8, 4) is 0 Å². The minimum Gasteiger partial charge on any atom is -0.307 e. The molecule has 1 saturated heterocycles. The molecule has 0 saturated carbocycles. The summed E-state index contributed by atoms with van der Waals surface area (Å²) >= 11 is 0. The summed E-state index contributed by atoms with van der Waals surface area (Å²) in [5.74, 6) is 0.245. The Hall–Kier alpha value is -2.18. The van der Waals surface area contributed by atoms with Crippen LogP contribution in [0.1, 0.15) is 12.0 Å². The molecular formula is C19H22N2O3S. The summed E-state index contributed by atoms with van der Waals surface area (Å²) in [6.45, 7) is 0.607. The van der Waals surface area contributed by atoms with E-state index in [0.29, 0.717) is 13.0 Å². The van der Waals surface area contributed by atoms with Crippen molar-refractivity contribution in [2.45, 2.75) is 19.0 Å². The second-order valence-corrected chi connectivity index (χ2v) is 8.51. The largest absolute Gasteiger partial charge is 0.307 e. The molecule has 132 valence electrons. The lowest BCUT2D eigenvalue weighted by molar-refractivity contribution is -0.118. The Morgan fingerprint density at radius 2 is 1.68 bits per heavy atom. The predicted molar refractivity (Wildman–Crippen MR) is 99.1 cm³/mol. The number of para-hydroxylation sites is 1. The topological polar surface area (TPSA) is 66.5 Å². The molecule has 1 heterocycles. The summed E-state index contributed by atoms with van der Waals surface area (Å²) in [5, 5.41) is 3.10. The summed E-state index contributed by atoms with van der Waals surface area (Å²) in [6, 6.07) is 19.2. The number of rotatable bonds is 6. The third-order valence-corrected chi connectivity index (χ3v) is 6.09. The van der Waals surface area contributed by atoms with Crippen LogP contribution in [0.2, 0.25) is 0 Å². The maximum absolute atomic E-state index is 12.8. The van der Waals surface area contributed by atoms with Crippen LogP contribution in [-0.4, -0.2) is 38.4 Å². The Morgan fingerprint density at radius 1 is 1.04 bits per heavy atom. The molecule has 3 rings (SSSR count). The van der Waals surface area contributed by atoms with Gasteiger partial charge in [-0.25, -0.2) is 8.42 Å². The van der Waals surface area contributed by atoms with Crippen LogP contribution in [0, 0.1) is 0 Å². The van der Waals surface area contributed by atoms with E-state index < -0.39 is 9.84 Å². The Bertz CT molecular complexity index is 807. The van der Waals surface area contributed by atoms with Crippen LogP contribution in [0.4, 0.5) is 5.69 Å². The molecule has 0 bridgehead atoms. The van der Waals surface area contributed by atoms with E-state index in [-0.39, 0.29) is 30.0 Å². The van der Waals surface area contributed by atoms with E-state index in [4.69, 9.17) is 0 Å². The fourth-order valence-corrected chi connectivity index (χ4v) is 4.69. The van der Waals surface area contributed by atoms with Gasteiger partial charge in [0.25, 0.3) is 0 Å². The fourth-order valence-electron chi connectivity index (χ4n) is 2.98. The minimum atomic E-state index is -2.95. The smallest absolute Gasteiger partial charge is 0.241 e. The van der Waals surface area contributed by atoms with E-state index in [1.807, 2.05) is 60.7 Å². The van der Waals surface area contributed by atoms with Crippen LogP contribution in [0.5, 0.6) is 0 Å². The van der Waals surface area contributed by atoms with Gasteiger partial charge in [-0.1, -0.05) is 48.5 Å². The summed E-state index contributed by atoms with van der Waals surface area (Å²) in [7, 11) is -2.95. The van der Waals surface area contributed by atoms with Gasteiger partial charge in [0.05, 0.1) is 24.6 Å². The van der Waals surface area contributed by atoms with E-state index in [1.54, 1.807) is 4.90 Å². The van der Waals surface area contributed by atoms with Crippen LogP contribution in [-0.2, 0) is 21.2 Å². The molecule has 1 aliphatic rings. The predicted octanol–water partition coefficient (Wildman–Crippen LogP) is 2.00. The van der Waals surface area contributed by atoms with Gasteiger partial charge in [0.15, 0.2) is 9.84 Å². The quantitative estimate of drug-likeness (QED) is 0.858. The molecule has 1 N–H and O–H groups in total. The van der Waals surface area contributed by atoms with E-state index in [1.165, 1.54) is 0 Å². The molecule has 1 unspecified atom stereocenters. The third-order valence-electron chi connectivity index (χ3n) is 4.33. The van der Waals surface area contributed by atoms with Gasteiger partial charge in [0, 0.05) is 11.7 Å². The molecule has 2 aromatic carbocycles. The number of carbonyl (C=O) groups excluding carboxylic acids is 1. The zero-order valence-electron chi connectivity index (χ0n) is 14.0. The van der Waals surface area contributed by atoms with Crippen molar-refractivity contribution in [3.05, 3.63) is 66.2 Å². The van der Waals surface area contributed by atoms with Crippen molar-refractivity contribution < 1.29 is 13.2 Å². The number of anilines is 1. The highest BCUT2D eigenvalue weighted by molar-refractivity contribution is 7.91. The molecule has 0 radical (unpaired) electrons. The molecule has 1 amide bonds. The van der Waals surface area contributed by atoms with Crippen molar-refractivity contribution in [2.75, 3.05) is 23.0 Å². The first-order chi connectivity index (χ1) is 12.0. The normalized spacial score (nSPS) is 18.8. The lowest BCUT2D eigenvalue weighted by Gasteiger charge is -2.24. The van der Waals surface area contributed by atoms with Gasteiger partial charge < -0.3 is 10.2 Å². The Morgan fingerprint density at radius 3 is 2.28 bits per heavy atom. The molecule has 0 aromatic heterocycles. The molecule has 0 spiro atoms. The van der Waals surface area contributed by atoms with Crippen molar-refractivity contribution in [1.82, 2.24) is 5.32 Å². The zero-order valence-corrected chi connectivity index (χ0v) is 14.8. The van der Waals surface area contributed by atoms with Crippen molar-refractivity contribution in [3.63, 3.8) is 0 Å². The van der Waals surface area contributed by atoms with Crippen LogP contribution in [0.15, 0.2) is 60.7 Å². The Kier molecular flexibility index (Phi) is 5.50. The number of nitrogens with one attached hydrogen (secondary N) is 1. The van der Waals surface area contributed by atoms with Crippen molar-refractivity contribution in [1.29, 1.82) is 0 Å². The number of amides is 1. The van der Waals surface area contributed by atoms with Gasteiger partial charge in [0.2, 0.25) is 5.91 Å². The molecule has 0 aliphatic carbocycles. The van der Waals surface area contributed by atoms with Crippen LogP contribution in [0.25, 0.3) is 0 Å². The summed E-state index contributed by atoms with van der Waals surface area (Å²) in [6.07, 6.45) is 0.569. The summed E-state index contributed by atoms with van der Waals surface area (Å²) in [4.78, 5) is 14.5. The number of nitrogens with zero attached hydrogens (tertiary/aromatic N) is 1. The van der Waals surface area contributed by atoms with Crippen molar-refractivity contribution in [2.24, 2.45) is 0 Å². The maximum atomic E-state index is 12.8. The van der Waals surface area contributed by atoms with E-state index in [9.17, 15) is 13.2 Å². The molecular weight excluding hydrogens is 336 g/mol. The van der Waals surface area contributed by atoms with E-state index in [2.05, 4.69) is 5.32 Å². The van der Waals surface area contributed by atoms with Gasteiger partial charge in [-0.15, -0.1) is 0 Å². The number of hydrogen-bond donors (Lipinski definition) is 1. The highest BCUT2D eigenvalue weighted by Gasteiger charge is 2.28. The first-order valence-corrected chi connectivity index (χ1v) is 10.2. The Balaban J connectivity index is 1.69. The first-order valence-electron chi connectivity index (χ1n) is 8.37. The van der Waals surface area contributed by atoms with Gasteiger partial charge in [-0.3, -0.25) is 4.79 Å². The molecule has 5 nitrogen and oxygen atoms in total.